The van der Waals surface area contributed by atoms with E-state index in [1.54, 1.807) is 19.1 Å². The average molecular weight is 276 g/mol. The van der Waals surface area contributed by atoms with Crippen molar-refractivity contribution in [2.24, 2.45) is 5.73 Å². The summed E-state index contributed by atoms with van der Waals surface area (Å²) in [7, 11) is 0. The van der Waals surface area contributed by atoms with E-state index >= 15 is 0 Å². The summed E-state index contributed by atoms with van der Waals surface area (Å²) in [6, 6.07) is 8.50. The summed E-state index contributed by atoms with van der Waals surface area (Å²) in [4.78, 5) is 10.4. The summed E-state index contributed by atoms with van der Waals surface area (Å²) < 4.78 is 18.8. The number of hydrogen-bond acceptors (Lipinski definition) is 4. The minimum Gasteiger partial charge on any atom is -0.450 e. The predicted octanol–water partition coefficient (Wildman–Crippen LogP) is 3.29. The molecule has 0 spiro atoms. The highest BCUT2D eigenvalue weighted by atomic mass is 19.1. The molecule has 0 aliphatic carbocycles. The van der Waals surface area contributed by atoms with E-state index in [0.29, 0.717) is 5.56 Å². The molecule has 0 saturated heterocycles. The lowest BCUT2D eigenvalue weighted by Crippen LogP contribution is -1.99. The van der Waals surface area contributed by atoms with Crippen LogP contribution in [-0.4, -0.2) is 4.92 Å². The summed E-state index contributed by atoms with van der Waals surface area (Å²) in [5, 5.41) is 10.9. The molecule has 0 atom stereocenters. The molecule has 0 aromatic heterocycles. The topological polar surface area (TPSA) is 78.4 Å². The fraction of sp³-hybridized carbons (Fsp3) is 0.143. The number of nitrogens with two attached hydrogens (primary N) is 1. The molecule has 0 saturated carbocycles. The van der Waals surface area contributed by atoms with Gasteiger partial charge in [0.15, 0.2) is 0 Å². The SMILES string of the molecule is Cc1ccc([N+](=O)[O-])c(Oc2cc(F)cc(CN)c2)c1. The van der Waals surface area contributed by atoms with Crippen LogP contribution in [0.15, 0.2) is 36.4 Å². The maximum Gasteiger partial charge on any atom is 0.311 e. The van der Waals surface area contributed by atoms with Crippen LogP contribution in [0, 0.1) is 22.9 Å². The number of rotatable bonds is 4. The third kappa shape index (κ3) is 3.10. The third-order valence-electron chi connectivity index (χ3n) is 2.71. The van der Waals surface area contributed by atoms with Crippen molar-refractivity contribution >= 4 is 5.69 Å². The molecule has 2 aromatic rings. The summed E-state index contributed by atoms with van der Waals surface area (Å²) in [5.74, 6) is -0.249. The fourth-order valence-corrected chi connectivity index (χ4v) is 1.78. The summed E-state index contributed by atoms with van der Waals surface area (Å²) >= 11 is 0. The van der Waals surface area contributed by atoms with Crippen molar-refractivity contribution in [1.82, 2.24) is 0 Å². The van der Waals surface area contributed by atoms with Gasteiger partial charge in [0.1, 0.15) is 11.6 Å². The Kier molecular flexibility index (Phi) is 3.95. The van der Waals surface area contributed by atoms with E-state index in [0.717, 1.165) is 11.6 Å². The highest BCUT2D eigenvalue weighted by Gasteiger charge is 2.16. The first-order chi connectivity index (χ1) is 9.49. The number of nitro groups is 1. The van der Waals surface area contributed by atoms with E-state index in [1.807, 2.05) is 0 Å². The Labute approximate surface area is 114 Å². The number of aryl methyl sites for hydroxylation is 1. The van der Waals surface area contributed by atoms with Gasteiger partial charge in [-0.25, -0.2) is 4.39 Å². The lowest BCUT2D eigenvalue weighted by Gasteiger charge is -2.08. The Morgan fingerprint density at radius 2 is 2.05 bits per heavy atom. The van der Waals surface area contributed by atoms with Gasteiger partial charge in [-0.1, -0.05) is 6.07 Å². The van der Waals surface area contributed by atoms with Gasteiger partial charge in [-0.2, -0.15) is 0 Å². The maximum atomic E-state index is 13.4. The number of hydrogen-bond donors (Lipinski definition) is 1. The van der Waals surface area contributed by atoms with Crippen LogP contribution < -0.4 is 10.5 Å². The van der Waals surface area contributed by atoms with Gasteiger partial charge in [0, 0.05) is 18.7 Å². The molecular weight excluding hydrogens is 263 g/mol. The molecule has 0 fully saturated rings. The normalized spacial score (nSPS) is 10.3. The second-order valence-electron chi connectivity index (χ2n) is 4.33. The molecule has 0 aliphatic heterocycles. The average Bonchev–Trinajstić information content (AvgIpc) is 2.37. The Morgan fingerprint density at radius 3 is 2.70 bits per heavy atom. The highest BCUT2D eigenvalue weighted by molar-refractivity contribution is 5.50. The molecular formula is C14H13FN2O3. The van der Waals surface area contributed by atoms with Gasteiger partial charge in [0.25, 0.3) is 0 Å². The van der Waals surface area contributed by atoms with Crippen molar-refractivity contribution in [1.29, 1.82) is 0 Å². The second-order valence-corrected chi connectivity index (χ2v) is 4.33. The molecule has 104 valence electrons. The molecule has 0 amide bonds. The monoisotopic (exact) mass is 276 g/mol. The fourth-order valence-electron chi connectivity index (χ4n) is 1.78. The zero-order valence-corrected chi connectivity index (χ0v) is 10.8. The Bertz CT molecular complexity index is 659. The van der Waals surface area contributed by atoms with Gasteiger partial charge >= 0.3 is 5.69 Å². The molecule has 2 N–H and O–H groups in total. The van der Waals surface area contributed by atoms with Crippen LogP contribution in [0.1, 0.15) is 11.1 Å². The molecule has 0 bridgehead atoms. The van der Waals surface area contributed by atoms with Crippen molar-refractivity contribution in [3.05, 3.63) is 63.5 Å². The quantitative estimate of drug-likeness (QED) is 0.686. The second kappa shape index (κ2) is 5.66. The molecule has 0 aliphatic rings. The van der Waals surface area contributed by atoms with E-state index < -0.39 is 10.7 Å². The highest BCUT2D eigenvalue weighted by Crippen LogP contribution is 2.32. The van der Waals surface area contributed by atoms with Crippen molar-refractivity contribution < 1.29 is 14.1 Å². The lowest BCUT2D eigenvalue weighted by atomic mass is 10.2. The predicted molar refractivity (Wildman–Crippen MR) is 72.2 cm³/mol. The van der Waals surface area contributed by atoms with Gasteiger partial charge in [-0.3, -0.25) is 10.1 Å². The van der Waals surface area contributed by atoms with Gasteiger partial charge in [-0.05, 0) is 36.2 Å². The summed E-state index contributed by atoms with van der Waals surface area (Å²) in [5.41, 5.74) is 6.64. The van der Waals surface area contributed by atoms with Crippen LogP contribution in [0.2, 0.25) is 0 Å². The molecule has 5 nitrogen and oxygen atoms in total. The minimum atomic E-state index is -0.544. The van der Waals surface area contributed by atoms with E-state index in [-0.39, 0.29) is 23.7 Å². The first kappa shape index (κ1) is 14.0. The van der Waals surface area contributed by atoms with E-state index in [2.05, 4.69) is 0 Å². The summed E-state index contributed by atoms with van der Waals surface area (Å²) in [6.45, 7) is 1.94. The number of nitrogens with zero attached hydrogens (tertiary/aromatic N) is 1. The molecule has 2 rings (SSSR count). The zero-order valence-electron chi connectivity index (χ0n) is 10.8. The largest absolute Gasteiger partial charge is 0.450 e. The van der Waals surface area contributed by atoms with Crippen molar-refractivity contribution in [3.8, 4) is 11.5 Å². The third-order valence-corrected chi connectivity index (χ3v) is 2.71. The summed E-state index contributed by atoms with van der Waals surface area (Å²) in [6.07, 6.45) is 0. The zero-order chi connectivity index (χ0) is 14.7. The Balaban J connectivity index is 2.41. The van der Waals surface area contributed by atoms with Crippen LogP contribution in [0.3, 0.4) is 0 Å². The van der Waals surface area contributed by atoms with Gasteiger partial charge in [-0.15, -0.1) is 0 Å². The number of ether oxygens (including phenoxy) is 1. The van der Waals surface area contributed by atoms with Gasteiger partial charge < -0.3 is 10.5 Å². The van der Waals surface area contributed by atoms with E-state index in [1.165, 1.54) is 18.2 Å². The maximum absolute atomic E-state index is 13.4. The van der Waals surface area contributed by atoms with Crippen LogP contribution >= 0.6 is 0 Å². The first-order valence-corrected chi connectivity index (χ1v) is 5.92. The molecule has 0 unspecified atom stereocenters. The first-order valence-electron chi connectivity index (χ1n) is 5.92. The van der Waals surface area contributed by atoms with Crippen LogP contribution in [0.5, 0.6) is 11.5 Å². The minimum absolute atomic E-state index is 0.0728. The van der Waals surface area contributed by atoms with E-state index in [9.17, 15) is 14.5 Å². The van der Waals surface area contributed by atoms with Crippen molar-refractivity contribution in [2.75, 3.05) is 0 Å². The van der Waals surface area contributed by atoms with Crippen LogP contribution in [-0.2, 0) is 6.54 Å². The van der Waals surface area contributed by atoms with E-state index in [4.69, 9.17) is 10.5 Å². The van der Waals surface area contributed by atoms with Crippen LogP contribution in [0.4, 0.5) is 10.1 Å². The van der Waals surface area contributed by atoms with Crippen molar-refractivity contribution in [2.45, 2.75) is 13.5 Å². The van der Waals surface area contributed by atoms with Gasteiger partial charge in [0.2, 0.25) is 5.75 Å². The Morgan fingerprint density at radius 1 is 1.30 bits per heavy atom. The lowest BCUT2D eigenvalue weighted by molar-refractivity contribution is -0.385. The Hall–Kier alpha value is -2.47. The van der Waals surface area contributed by atoms with Crippen molar-refractivity contribution in [3.63, 3.8) is 0 Å². The molecule has 0 radical (unpaired) electrons. The smallest absolute Gasteiger partial charge is 0.311 e. The molecule has 6 heteroatoms. The molecule has 2 aromatic carbocycles. The molecule has 0 heterocycles. The number of halogens is 1. The van der Waals surface area contributed by atoms with Gasteiger partial charge in [0.05, 0.1) is 4.92 Å². The standard InChI is InChI=1S/C14H13FN2O3/c1-9-2-3-13(17(18)19)14(4-9)20-12-6-10(8-16)5-11(15)7-12/h2-7H,8,16H2,1H3. The molecule has 20 heavy (non-hydrogen) atoms. The number of nitro benzene ring substituents is 1. The van der Waals surface area contributed by atoms with Crippen LogP contribution in [0.25, 0.3) is 0 Å². The number of benzene rings is 2.